The summed E-state index contributed by atoms with van der Waals surface area (Å²) < 4.78 is 0. The highest BCUT2D eigenvalue weighted by molar-refractivity contribution is 6.33. The van der Waals surface area contributed by atoms with Crippen molar-refractivity contribution in [2.75, 3.05) is 32.7 Å². The molecule has 0 spiro atoms. The fraction of sp³-hybridized carbons (Fsp3) is 0.440. The van der Waals surface area contributed by atoms with Crippen LogP contribution in [0, 0.1) is 0 Å². The quantitative estimate of drug-likeness (QED) is 0.660. The Morgan fingerprint density at radius 1 is 0.935 bits per heavy atom. The van der Waals surface area contributed by atoms with Gasteiger partial charge in [-0.05, 0) is 56.6 Å². The van der Waals surface area contributed by atoms with E-state index in [0.29, 0.717) is 48.4 Å². The van der Waals surface area contributed by atoms with Crippen molar-refractivity contribution in [3.63, 3.8) is 0 Å². The molecule has 2 amide bonds. The molecule has 3 rings (SSSR count). The van der Waals surface area contributed by atoms with Gasteiger partial charge in [0.05, 0.1) is 10.6 Å². The molecule has 1 fully saturated rings. The smallest absolute Gasteiger partial charge is 0.255 e. The average molecular weight is 442 g/mol. The number of amides is 2. The van der Waals surface area contributed by atoms with E-state index in [-0.39, 0.29) is 11.8 Å². The molecular formula is C25H32ClN3O2. The van der Waals surface area contributed by atoms with Crippen LogP contribution < -0.4 is 0 Å². The summed E-state index contributed by atoms with van der Waals surface area (Å²) in [6.07, 6.45) is 0.750. The number of carbonyl (C=O) groups excluding carboxylic acids is 2. The Morgan fingerprint density at radius 3 is 2.13 bits per heavy atom. The standard InChI is InChI=1S/C25H32ClN3O2/c1-4-27(19(2)3)18-20-10-12-21(13-11-20)24(30)28-14-7-15-29(17-16-28)25(31)22-8-5-6-9-23(22)26/h5-6,8-13,19H,4,7,14-18H2,1-3H3. The first-order valence-corrected chi connectivity index (χ1v) is 11.4. The lowest BCUT2D eigenvalue weighted by Crippen LogP contribution is -2.37. The predicted octanol–water partition coefficient (Wildman–Crippen LogP) is 4.56. The third kappa shape index (κ3) is 5.86. The van der Waals surface area contributed by atoms with Gasteiger partial charge in [0.25, 0.3) is 11.8 Å². The SMILES string of the molecule is CCN(Cc1ccc(C(=O)N2CCCN(C(=O)c3ccccc3Cl)CC2)cc1)C(C)C. The third-order valence-corrected chi connectivity index (χ3v) is 6.23. The number of hydrogen-bond acceptors (Lipinski definition) is 3. The monoisotopic (exact) mass is 441 g/mol. The summed E-state index contributed by atoms with van der Waals surface area (Å²) in [6.45, 7) is 10.7. The van der Waals surface area contributed by atoms with E-state index in [1.54, 1.807) is 17.0 Å². The second-order valence-corrected chi connectivity index (χ2v) is 8.68. The van der Waals surface area contributed by atoms with Gasteiger partial charge in [-0.2, -0.15) is 0 Å². The molecule has 0 bridgehead atoms. The van der Waals surface area contributed by atoms with Crippen molar-refractivity contribution in [3.05, 3.63) is 70.2 Å². The number of rotatable bonds is 6. The van der Waals surface area contributed by atoms with Crippen molar-refractivity contribution < 1.29 is 9.59 Å². The maximum atomic E-state index is 13.0. The van der Waals surface area contributed by atoms with Gasteiger partial charge in [-0.15, -0.1) is 0 Å². The molecule has 31 heavy (non-hydrogen) atoms. The first-order chi connectivity index (χ1) is 14.9. The maximum Gasteiger partial charge on any atom is 0.255 e. The van der Waals surface area contributed by atoms with E-state index < -0.39 is 0 Å². The summed E-state index contributed by atoms with van der Waals surface area (Å²) >= 11 is 6.19. The van der Waals surface area contributed by atoms with Gasteiger partial charge in [-0.25, -0.2) is 0 Å². The van der Waals surface area contributed by atoms with E-state index in [9.17, 15) is 9.59 Å². The summed E-state index contributed by atoms with van der Waals surface area (Å²) in [7, 11) is 0. The van der Waals surface area contributed by atoms with Crippen LogP contribution in [0.1, 0.15) is 53.5 Å². The predicted molar refractivity (Wildman–Crippen MR) is 126 cm³/mol. The Bertz CT molecular complexity index is 898. The largest absolute Gasteiger partial charge is 0.337 e. The van der Waals surface area contributed by atoms with E-state index in [2.05, 4.69) is 25.7 Å². The zero-order valence-corrected chi connectivity index (χ0v) is 19.4. The molecule has 1 heterocycles. The highest BCUT2D eigenvalue weighted by Crippen LogP contribution is 2.19. The molecule has 0 saturated carbocycles. The number of carbonyl (C=O) groups is 2. The minimum Gasteiger partial charge on any atom is -0.337 e. The van der Waals surface area contributed by atoms with Crippen LogP contribution in [0.15, 0.2) is 48.5 Å². The van der Waals surface area contributed by atoms with E-state index in [1.165, 1.54) is 5.56 Å². The molecule has 5 nitrogen and oxygen atoms in total. The molecule has 6 heteroatoms. The summed E-state index contributed by atoms with van der Waals surface area (Å²) in [5.41, 5.74) is 2.42. The fourth-order valence-corrected chi connectivity index (χ4v) is 4.17. The highest BCUT2D eigenvalue weighted by Gasteiger charge is 2.24. The van der Waals surface area contributed by atoms with Gasteiger partial charge in [0, 0.05) is 44.3 Å². The van der Waals surface area contributed by atoms with Gasteiger partial charge in [-0.3, -0.25) is 14.5 Å². The van der Waals surface area contributed by atoms with E-state index in [0.717, 1.165) is 19.5 Å². The lowest BCUT2D eigenvalue weighted by Gasteiger charge is -2.25. The van der Waals surface area contributed by atoms with Gasteiger partial charge in [0.15, 0.2) is 0 Å². The molecule has 2 aromatic rings. The van der Waals surface area contributed by atoms with Crippen LogP contribution in [-0.2, 0) is 6.54 Å². The number of halogens is 1. The normalized spacial score (nSPS) is 14.8. The molecule has 1 aliphatic rings. The number of hydrogen-bond donors (Lipinski definition) is 0. The molecule has 1 saturated heterocycles. The Hall–Kier alpha value is -2.37. The molecule has 2 aromatic carbocycles. The summed E-state index contributed by atoms with van der Waals surface area (Å²) in [5.74, 6) is -0.0512. The van der Waals surface area contributed by atoms with Crippen molar-refractivity contribution in [2.24, 2.45) is 0 Å². The first kappa shape index (κ1) is 23.3. The zero-order chi connectivity index (χ0) is 22.4. The topological polar surface area (TPSA) is 43.9 Å². The zero-order valence-electron chi connectivity index (χ0n) is 18.7. The van der Waals surface area contributed by atoms with Crippen LogP contribution in [0.25, 0.3) is 0 Å². The van der Waals surface area contributed by atoms with Crippen LogP contribution >= 0.6 is 11.6 Å². The van der Waals surface area contributed by atoms with Gasteiger partial charge in [-0.1, -0.05) is 42.8 Å². The highest BCUT2D eigenvalue weighted by atomic mass is 35.5. The average Bonchev–Trinajstić information content (AvgIpc) is 3.03. The summed E-state index contributed by atoms with van der Waals surface area (Å²) in [4.78, 5) is 31.9. The molecular weight excluding hydrogens is 410 g/mol. The van der Waals surface area contributed by atoms with Crippen LogP contribution in [0.2, 0.25) is 5.02 Å². The molecule has 0 atom stereocenters. The Balaban J connectivity index is 1.61. The second-order valence-electron chi connectivity index (χ2n) is 8.27. The van der Waals surface area contributed by atoms with Crippen molar-refractivity contribution in [2.45, 2.75) is 39.8 Å². The Kier molecular flexibility index (Phi) is 8.10. The fourth-order valence-electron chi connectivity index (χ4n) is 3.96. The van der Waals surface area contributed by atoms with E-state index in [4.69, 9.17) is 11.6 Å². The van der Waals surface area contributed by atoms with Gasteiger partial charge in [0.2, 0.25) is 0 Å². The van der Waals surface area contributed by atoms with E-state index >= 15 is 0 Å². The van der Waals surface area contributed by atoms with Crippen molar-refractivity contribution in [3.8, 4) is 0 Å². The van der Waals surface area contributed by atoms with Gasteiger partial charge in [0.1, 0.15) is 0 Å². The molecule has 0 aliphatic carbocycles. The summed E-state index contributed by atoms with van der Waals surface area (Å²) in [6, 6.07) is 15.5. The molecule has 166 valence electrons. The lowest BCUT2D eigenvalue weighted by atomic mass is 10.1. The van der Waals surface area contributed by atoms with Crippen molar-refractivity contribution >= 4 is 23.4 Å². The van der Waals surface area contributed by atoms with Crippen LogP contribution in [0.5, 0.6) is 0 Å². The number of benzene rings is 2. The minimum atomic E-state index is -0.0742. The van der Waals surface area contributed by atoms with Crippen LogP contribution in [0.4, 0.5) is 0 Å². The molecule has 1 aliphatic heterocycles. The van der Waals surface area contributed by atoms with Crippen LogP contribution in [-0.4, -0.2) is 65.3 Å². The van der Waals surface area contributed by atoms with Crippen LogP contribution in [0.3, 0.4) is 0 Å². The van der Waals surface area contributed by atoms with Gasteiger partial charge < -0.3 is 9.80 Å². The second kappa shape index (κ2) is 10.8. The first-order valence-electron chi connectivity index (χ1n) is 11.1. The number of nitrogens with zero attached hydrogens (tertiary/aromatic N) is 3. The molecule has 0 aromatic heterocycles. The van der Waals surface area contributed by atoms with Crippen molar-refractivity contribution in [1.82, 2.24) is 14.7 Å². The third-order valence-electron chi connectivity index (χ3n) is 5.90. The Morgan fingerprint density at radius 2 is 1.55 bits per heavy atom. The minimum absolute atomic E-state index is 0.0230. The van der Waals surface area contributed by atoms with Crippen molar-refractivity contribution in [1.29, 1.82) is 0 Å². The lowest BCUT2D eigenvalue weighted by molar-refractivity contribution is 0.0719. The van der Waals surface area contributed by atoms with E-state index in [1.807, 2.05) is 41.3 Å². The molecule has 0 N–H and O–H groups in total. The molecule has 0 unspecified atom stereocenters. The Labute approximate surface area is 190 Å². The maximum absolute atomic E-state index is 13.0. The summed E-state index contributed by atoms with van der Waals surface area (Å²) in [5, 5.41) is 0.462. The van der Waals surface area contributed by atoms with Gasteiger partial charge >= 0.3 is 0 Å². The molecule has 0 radical (unpaired) electrons.